The van der Waals surface area contributed by atoms with E-state index < -0.39 is 23.5 Å². The number of nitrogens with zero attached hydrogens (tertiary/aromatic N) is 2. The van der Waals surface area contributed by atoms with E-state index in [0.29, 0.717) is 31.7 Å². The maximum Gasteiger partial charge on any atom is 0.295 e. The van der Waals surface area contributed by atoms with Gasteiger partial charge in [-0.1, -0.05) is 28.1 Å². The number of ketones is 1. The van der Waals surface area contributed by atoms with E-state index in [4.69, 9.17) is 4.74 Å². The first kappa shape index (κ1) is 22.6. The van der Waals surface area contributed by atoms with Crippen molar-refractivity contribution >= 4 is 33.4 Å². The van der Waals surface area contributed by atoms with Gasteiger partial charge in [-0.2, -0.15) is 0 Å². The Labute approximate surface area is 194 Å². The molecule has 0 aromatic heterocycles. The van der Waals surface area contributed by atoms with Gasteiger partial charge in [0.25, 0.3) is 11.7 Å². The second-order valence-corrected chi connectivity index (χ2v) is 8.78. The molecule has 0 spiro atoms. The molecule has 4 rings (SSSR count). The Morgan fingerprint density at radius 2 is 1.81 bits per heavy atom. The first-order valence-electron chi connectivity index (χ1n) is 10.6. The Kier molecular flexibility index (Phi) is 7.03. The lowest BCUT2D eigenvalue weighted by molar-refractivity contribution is -0.140. The van der Waals surface area contributed by atoms with Crippen molar-refractivity contribution in [2.24, 2.45) is 0 Å². The molecule has 2 saturated heterocycles. The fraction of sp³-hybridized carbons (Fsp3) is 0.333. The monoisotopic (exact) mass is 502 g/mol. The number of halogens is 2. The van der Waals surface area contributed by atoms with Gasteiger partial charge in [0.05, 0.1) is 24.8 Å². The number of likely N-dealkylation sites (tertiary alicyclic amines) is 1. The fourth-order valence-electron chi connectivity index (χ4n) is 4.19. The maximum absolute atomic E-state index is 13.4. The van der Waals surface area contributed by atoms with E-state index in [1.54, 1.807) is 0 Å². The molecule has 2 heterocycles. The van der Waals surface area contributed by atoms with Crippen LogP contribution in [0.1, 0.15) is 23.6 Å². The van der Waals surface area contributed by atoms with Crippen LogP contribution >= 0.6 is 15.9 Å². The number of hydrogen-bond acceptors (Lipinski definition) is 5. The molecule has 2 aliphatic rings. The third-order valence-electron chi connectivity index (χ3n) is 5.80. The van der Waals surface area contributed by atoms with Gasteiger partial charge in [0.1, 0.15) is 11.6 Å². The minimum absolute atomic E-state index is 0.0195. The normalized spacial score (nSPS) is 21.3. The van der Waals surface area contributed by atoms with Gasteiger partial charge in [0.2, 0.25) is 0 Å². The van der Waals surface area contributed by atoms with Crippen LogP contribution in [0.2, 0.25) is 0 Å². The van der Waals surface area contributed by atoms with E-state index in [1.165, 1.54) is 29.2 Å². The highest BCUT2D eigenvalue weighted by Crippen LogP contribution is 2.40. The van der Waals surface area contributed by atoms with Crippen molar-refractivity contribution in [2.75, 3.05) is 39.4 Å². The minimum Gasteiger partial charge on any atom is -0.507 e. The molecule has 2 aromatic carbocycles. The summed E-state index contributed by atoms with van der Waals surface area (Å²) in [4.78, 5) is 29.8. The van der Waals surface area contributed by atoms with Crippen LogP contribution in [0.25, 0.3) is 5.76 Å². The lowest BCUT2D eigenvalue weighted by Crippen LogP contribution is -2.38. The lowest BCUT2D eigenvalue weighted by atomic mass is 9.95. The standard InChI is InChI=1S/C24H24BrFN2O4/c25-18-4-1-3-17(15-18)21-20(22(29)16-5-7-19(26)8-6-16)23(30)24(31)28(21)10-2-9-27-11-13-32-14-12-27/h1,3-8,15,21,29H,2,9-14H2/t21-/m1/s1. The van der Waals surface area contributed by atoms with E-state index in [9.17, 15) is 19.1 Å². The highest BCUT2D eigenvalue weighted by Gasteiger charge is 2.45. The van der Waals surface area contributed by atoms with Crippen LogP contribution in [0, 0.1) is 5.82 Å². The van der Waals surface area contributed by atoms with Gasteiger partial charge in [-0.15, -0.1) is 0 Å². The van der Waals surface area contributed by atoms with Gasteiger partial charge in [-0.05, 0) is 48.4 Å². The smallest absolute Gasteiger partial charge is 0.295 e. The number of morpholine rings is 1. The van der Waals surface area contributed by atoms with Crippen molar-refractivity contribution in [2.45, 2.75) is 12.5 Å². The second-order valence-electron chi connectivity index (χ2n) is 7.86. The molecular formula is C24H24BrFN2O4. The zero-order chi connectivity index (χ0) is 22.7. The van der Waals surface area contributed by atoms with Gasteiger partial charge >= 0.3 is 0 Å². The molecule has 2 aromatic rings. The molecule has 168 valence electrons. The second kappa shape index (κ2) is 9.94. The van der Waals surface area contributed by atoms with Crippen molar-refractivity contribution in [3.05, 3.63) is 75.5 Å². The van der Waals surface area contributed by atoms with Gasteiger partial charge in [-0.3, -0.25) is 14.5 Å². The summed E-state index contributed by atoms with van der Waals surface area (Å²) in [6.45, 7) is 4.24. The third kappa shape index (κ3) is 4.77. The Morgan fingerprint density at radius 1 is 1.09 bits per heavy atom. The quantitative estimate of drug-likeness (QED) is 0.370. The number of Topliss-reactive ketones (excluding diaryl/α,β-unsaturated/α-hetero) is 1. The fourth-order valence-corrected chi connectivity index (χ4v) is 4.60. The first-order chi connectivity index (χ1) is 15.5. The van der Waals surface area contributed by atoms with Crippen LogP contribution < -0.4 is 0 Å². The van der Waals surface area contributed by atoms with Gasteiger partial charge in [0, 0.05) is 36.2 Å². The molecule has 0 unspecified atom stereocenters. The van der Waals surface area contributed by atoms with E-state index in [2.05, 4.69) is 20.8 Å². The van der Waals surface area contributed by atoms with E-state index >= 15 is 0 Å². The highest BCUT2D eigenvalue weighted by molar-refractivity contribution is 9.10. The molecule has 2 fully saturated rings. The topological polar surface area (TPSA) is 70.1 Å². The number of carbonyl (C=O) groups is 2. The predicted octanol–water partition coefficient (Wildman–Crippen LogP) is 3.73. The van der Waals surface area contributed by atoms with E-state index in [1.807, 2.05) is 24.3 Å². The number of aliphatic hydroxyl groups is 1. The average molecular weight is 503 g/mol. The third-order valence-corrected chi connectivity index (χ3v) is 6.29. The molecule has 0 radical (unpaired) electrons. The zero-order valence-corrected chi connectivity index (χ0v) is 19.1. The molecule has 32 heavy (non-hydrogen) atoms. The molecule has 0 bridgehead atoms. The van der Waals surface area contributed by atoms with Gasteiger partial charge in [0.15, 0.2) is 0 Å². The number of rotatable bonds is 6. The maximum atomic E-state index is 13.4. The Hall–Kier alpha value is -2.55. The Morgan fingerprint density at radius 3 is 2.50 bits per heavy atom. The summed E-state index contributed by atoms with van der Waals surface area (Å²) in [5, 5.41) is 11.0. The van der Waals surface area contributed by atoms with Gasteiger partial charge < -0.3 is 14.7 Å². The van der Waals surface area contributed by atoms with Crippen LogP contribution in [-0.4, -0.2) is 66.0 Å². The molecule has 0 aliphatic carbocycles. The van der Waals surface area contributed by atoms with E-state index in [0.717, 1.165) is 24.1 Å². The summed E-state index contributed by atoms with van der Waals surface area (Å²) in [5.41, 5.74) is 1.03. The number of amides is 1. The van der Waals surface area contributed by atoms with Crippen molar-refractivity contribution in [1.29, 1.82) is 0 Å². The van der Waals surface area contributed by atoms with Crippen LogP contribution in [0.15, 0.2) is 58.6 Å². The SMILES string of the molecule is O=C1C(=O)N(CCCN2CCOCC2)[C@H](c2cccc(Br)c2)C1=C(O)c1ccc(F)cc1. The number of hydrogen-bond donors (Lipinski definition) is 1. The number of carbonyl (C=O) groups excluding carboxylic acids is 2. The molecule has 6 nitrogen and oxygen atoms in total. The van der Waals surface area contributed by atoms with E-state index in [-0.39, 0.29) is 16.9 Å². The average Bonchev–Trinajstić information content (AvgIpc) is 3.05. The molecule has 1 amide bonds. The summed E-state index contributed by atoms with van der Waals surface area (Å²) in [6, 6.07) is 11.8. The largest absolute Gasteiger partial charge is 0.507 e. The Balaban J connectivity index is 1.67. The molecule has 1 N–H and O–H groups in total. The van der Waals surface area contributed by atoms with Crippen molar-refractivity contribution in [3.8, 4) is 0 Å². The van der Waals surface area contributed by atoms with Crippen molar-refractivity contribution in [3.63, 3.8) is 0 Å². The predicted molar refractivity (Wildman–Crippen MR) is 121 cm³/mol. The number of aliphatic hydroxyl groups excluding tert-OH is 1. The van der Waals surface area contributed by atoms with Crippen molar-refractivity contribution < 1.29 is 23.8 Å². The number of benzene rings is 2. The zero-order valence-electron chi connectivity index (χ0n) is 17.5. The summed E-state index contributed by atoms with van der Waals surface area (Å²) in [5.74, 6) is -2.12. The molecule has 1 atom stereocenters. The van der Waals surface area contributed by atoms with Crippen LogP contribution in [0.5, 0.6) is 0 Å². The summed E-state index contributed by atoms with van der Waals surface area (Å²) in [7, 11) is 0. The molecule has 2 aliphatic heterocycles. The van der Waals surface area contributed by atoms with Gasteiger partial charge in [-0.25, -0.2) is 4.39 Å². The Bertz CT molecular complexity index is 1030. The first-order valence-corrected chi connectivity index (χ1v) is 11.3. The summed E-state index contributed by atoms with van der Waals surface area (Å²) in [6.07, 6.45) is 0.689. The van der Waals surface area contributed by atoms with Crippen LogP contribution in [-0.2, 0) is 14.3 Å². The van der Waals surface area contributed by atoms with Crippen LogP contribution in [0.4, 0.5) is 4.39 Å². The molecule has 8 heteroatoms. The van der Waals surface area contributed by atoms with Crippen LogP contribution in [0.3, 0.4) is 0 Å². The lowest BCUT2D eigenvalue weighted by Gasteiger charge is -2.29. The molecular weight excluding hydrogens is 479 g/mol. The summed E-state index contributed by atoms with van der Waals surface area (Å²) >= 11 is 3.45. The molecule has 0 saturated carbocycles. The highest BCUT2D eigenvalue weighted by atomic mass is 79.9. The van der Waals surface area contributed by atoms with Crippen molar-refractivity contribution in [1.82, 2.24) is 9.80 Å². The number of ether oxygens (including phenoxy) is 1. The summed E-state index contributed by atoms with van der Waals surface area (Å²) < 4.78 is 19.5. The minimum atomic E-state index is -0.733.